The molecule has 7 nitrogen and oxygen atoms in total. The molecule has 0 aliphatic carbocycles. The van der Waals surface area contributed by atoms with Crippen molar-refractivity contribution in [3.05, 3.63) is 11.4 Å². The van der Waals surface area contributed by atoms with Crippen molar-refractivity contribution in [1.29, 1.82) is 0 Å². The molecule has 0 bridgehead atoms. The number of hydrogen-bond acceptors (Lipinski definition) is 5. The molecule has 0 saturated carbocycles. The number of hydrogen-bond donors (Lipinski definition) is 3. The Hall–Kier alpha value is -0.960. The molecule has 1 aromatic heterocycles. The Kier molecular flexibility index (Phi) is 5.73. The van der Waals surface area contributed by atoms with Gasteiger partial charge < -0.3 is 10.1 Å². The van der Waals surface area contributed by atoms with Crippen LogP contribution in [-0.2, 0) is 21.3 Å². The summed E-state index contributed by atoms with van der Waals surface area (Å²) < 4.78 is 31.8. The molecule has 0 aliphatic rings. The Morgan fingerprint density at radius 1 is 1.44 bits per heavy atom. The predicted molar refractivity (Wildman–Crippen MR) is 67.8 cm³/mol. The van der Waals surface area contributed by atoms with Crippen LogP contribution < -0.4 is 10.0 Å². The van der Waals surface area contributed by atoms with Gasteiger partial charge in [-0.2, -0.15) is 5.10 Å². The van der Waals surface area contributed by atoms with Gasteiger partial charge >= 0.3 is 0 Å². The van der Waals surface area contributed by atoms with Crippen LogP contribution in [0.25, 0.3) is 0 Å². The highest BCUT2D eigenvalue weighted by atomic mass is 32.2. The molecule has 104 valence electrons. The normalized spacial score (nSPS) is 11.9. The topological polar surface area (TPSA) is 96.1 Å². The van der Waals surface area contributed by atoms with Gasteiger partial charge in [0, 0.05) is 19.7 Å². The van der Waals surface area contributed by atoms with Gasteiger partial charge in [-0.05, 0) is 20.9 Å². The van der Waals surface area contributed by atoms with Crippen molar-refractivity contribution in [2.24, 2.45) is 0 Å². The van der Waals surface area contributed by atoms with E-state index in [1.807, 2.05) is 6.92 Å². The van der Waals surface area contributed by atoms with Gasteiger partial charge in [-0.1, -0.05) is 0 Å². The molecule has 0 amide bonds. The van der Waals surface area contributed by atoms with Gasteiger partial charge in [0.25, 0.3) is 0 Å². The number of sulfonamides is 1. The Balaban J connectivity index is 2.80. The molecule has 0 aromatic carbocycles. The minimum atomic E-state index is -3.54. The molecule has 8 heteroatoms. The minimum Gasteiger partial charge on any atom is -0.380 e. The van der Waals surface area contributed by atoms with Crippen LogP contribution in [-0.4, -0.2) is 45.4 Å². The fourth-order valence-corrected chi connectivity index (χ4v) is 2.95. The van der Waals surface area contributed by atoms with Crippen LogP contribution in [0.1, 0.15) is 18.3 Å². The second kappa shape index (κ2) is 6.83. The van der Waals surface area contributed by atoms with Gasteiger partial charge in [0.05, 0.1) is 18.0 Å². The van der Waals surface area contributed by atoms with Gasteiger partial charge in [0.15, 0.2) is 0 Å². The number of rotatable bonds is 8. The summed E-state index contributed by atoms with van der Waals surface area (Å²) in [6, 6.07) is 0. The lowest BCUT2D eigenvalue weighted by atomic mass is 10.4. The lowest BCUT2D eigenvalue weighted by Gasteiger charge is -2.07. The number of aromatic nitrogens is 2. The molecule has 18 heavy (non-hydrogen) atoms. The molecule has 0 radical (unpaired) electrons. The van der Waals surface area contributed by atoms with Crippen molar-refractivity contribution in [2.75, 3.05) is 26.8 Å². The van der Waals surface area contributed by atoms with Crippen LogP contribution in [0.2, 0.25) is 0 Å². The third kappa shape index (κ3) is 3.77. The van der Waals surface area contributed by atoms with E-state index in [0.29, 0.717) is 31.1 Å². The van der Waals surface area contributed by atoms with Crippen molar-refractivity contribution in [3.63, 3.8) is 0 Å². The monoisotopic (exact) mass is 276 g/mol. The quantitative estimate of drug-likeness (QED) is 0.569. The van der Waals surface area contributed by atoms with E-state index in [9.17, 15) is 8.42 Å². The number of ether oxygens (including phenoxy) is 1. The first-order valence-corrected chi connectivity index (χ1v) is 7.27. The second-order valence-electron chi connectivity index (χ2n) is 3.75. The zero-order valence-electron chi connectivity index (χ0n) is 10.9. The highest BCUT2D eigenvalue weighted by Gasteiger charge is 2.23. The van der Waals surface area contributed by atoms with Crippen LogP contribution in [0.3, 0.4) is 0 Å². The maximum absolute atomic E-state index is 12.1. The molecule has 0 unspecified atom stereocenters. The summed E-state index contributed by atoms with van der Waals surface area (Å²) in [5.74, 6) is 0. The number of nitrogens with zero attached hydrogens (tertiary/aromatic N) is 1. The fourth-order valence-electron chi connectivity index (χ4n) is 1.58. The molecule has 0 atom stereocenters. The summed E-state index contributed by atoms with van der Waals surface area (Å²) in [6.45, 7) is 5.11. The van der Waals surface area contributed by atoms with Crippen molar-refractivity contribution < 1.29 is 13.2 Å². The third-order valence-electron chi connectivity index (χ3n) is 2.32. The Morgan fingerprint density at radius 3 is 2.78 bits per heavy atom. The molecule has 0 fully saturated rings. The Bertz CT molecular complexity index is 469. The van der Waals surface area contributed by atoms with E-state index < -0.39 is 10.0 Å². The molecule has 0 saturated heterocycles. The summed E-state index contributed by atoms with van der Waals surface area (Å²) in [4.78, 5) is 0.216. The molecule has 1 rings (SSSR count). The van der Waals surface area contributed by atoms with Crippen LogP contribution in [0.15, 0.2) is 4.90 Å². The first kappa shape index (κ1) is 15.1. The van der Waals surface area contributed by atoms with E-state index in [0.717, 1.165) is 0 Å². The summed E-state index contributed by atoms with van der Waals surface area (Å²) >= 11 is 0. The minimum absolute atomic E-state index is 0.216. The van der Waals surface area contributed by atoms with Gasteiger partial charge in [-0.3, -0.25) is 5.10 Å². The van der Waals surface area contributed by atoms with Crippen molar-refractivity contribution in [2.45, 2.75) is 25.3 Å². The van der Waals surface area contributed by atoms with Crippen LogP contribution in [0.4, 0.5) is 0 Å². The van der Waals surface area contributed by atoms with Crippen molar-refractivity contribution in [1.82, 2.24) is 20.2 Å². The van der Waals surface area contributed by atoms with E-state index in [2.05, 4.69) is 20.2 Å². The molecule has 1 heterocycles. The number of H-pyrrole nitrogens is 1. The zero-order valence-corrected chi connectivity index (χ0v) is 11.7. The van der Waals surface area contributed by atoms with Crippen LogP contribution in [0.5, 0.6) is 0 Å². The second-order valence-corrected chi connectivity index (χ2v) is 5.45. The van der Waals surface area contributed by atoms with E-state index in [1.165, 1.54) is 0 Å². The SMILES string of the molecule is CCOCCNS(=O)(=O)c1c(CNC)n[nH]c1C. The third-order valence-corrected chi connectivity index (χ3v) is 3.98. The van der Waals surface area contributed by atoms with E-state index in [-0.39, 0.29) is 11.4 Å². The lowest BCUT2D eigenvalue weighted by molar-refractivity contribution is 0.153. The average molecular weight is 276 g/mol. The molecule has 0 aliphatic heterocycles. The number of aryl methyl sites for hydroxylation is 1. The molecular formula is C10H20N4O3S. The van der Waals surface area contributed by atoms with E-state index in [4.69, 9.17) is 4.74 Å². The highest BCUT2D eigenvalue weighted by molar-refractivity contribution is 7.89. The fraction of sp³-hybridized carbons (Fsp3) is 0.700. The van der Waals surface area contributed by atoms with E-state index in [1.54, 1.807) is 14.0 Å². The summed E-state index contributed by atoms with van der Waals surface area (Å²) in [5.41, 5.74) is 1.02. The summed E-state index contributed by atoms with van der Waals surface area (Å²) in [5, 5.41) is 9.55. The largest absolute Gasteiger partial charge is 0.380 e. The van der Waals surface area contributed by atoms with Gasteiger partial charge in [-0.15, -0.1) is 0 Å². The Morgan fingerprint density at radius 2 is 2.17 bits per heavy atom. The molecule has 3 N–H and O–H groups in total. The molecule has 0 spiro atoms. The first-order valence-electron chi connectivity index (χ1n) is 5.78. The zero-order chi connectivity index (χ0) is 13.6. The molecular weight excluding hydrogens is 256 g/mol. The maximum Gasteiger partial charge on any atom is 0.244 e. The number of nitrogens with one attached hydrogen (secondary N) is 3. The standard InChI is InChI=1S/C10H20N4O3S/c1-4-17-6-5-12-18(15,16)10-8(2)13-14-9(10)7-11-3/h11-12H,4-7H2,1-3H3,(H,13,14). The Labute approximate surface area is 107 Å². The van der Waals surface area contributed by atoms with Crippen molar-refractivity contribution in [3.8, 4) is 0 Å². The predicted octanol–water partition coefficient (Wildman–Crippen LogP) is -0.248. The van der Waals surface area contributed by atoms with Crippen LogP contribution >= 0.6 is 0 Å². The summed E-state index contributed by atoms with van der Waals surface area (Å²) in [7, 11) is -1.81. The average Bonchev–Trinajstić information content (AvgIpc) is 2.67. The highest BCUT2D eigenvalue weighted by Crippen LogP contribution is 2.16. The van der Waals surface area contributed by atoms with Gasteiger partial charge in [0.1, 0.15) is 4.90 Å². The van der Waals surface area contributed by atoms with Gasteiger partial charge in [0.2, 0.25) is 10.0 Å². The number of aromatic amines is 1. The van der Waals surface area contributed by atoms with E-state index >= 15 is 0 Å². The summed E-state index contributed by atoms with van der Waals surface area (Å²) in [6.07, 6.45) is 0. The van der Waals surface area contributed by atoms with Gasteiger partial charge in [-0.25, -0.2) is 13.1 Å². The lowest BCUT2D eigenvalue weighted by Crippen LogP contribution is -2.29. The smallest absolute Gasteiger partial charge is 0.244 e. The van der Waals surface area contributed by atoms with Crippen molar-refractivity contribution >= 4 is 10.0 Å². The first-order chi connectivity index (χ1) is 8.53. The van der Waals surface area contributed by atoms with Crippen LogP contribution in [0, 0.1) is 6.92 Å². The molecule has 1 aromatic rings. The maximum atomic E-state index is 12.1.